The molecule has 1 atom stereocenters. The molecule has 0 aliphatic carbocycles. The number of likely N-dealkylation sites (N-methyl/N-ethyl adjacent to an activating group) is 1. The number of hydrogen-bond acceptors (Lipinski definition) is 6. The molecule has 0 spiro atoms. The van der Waals surface area contributed by atoms with Crippen LogP contribution in [0.5, 0.6) is 5.75 Å². The van der Waals surface area contributed by atoms with Gasteiger partial charge in [0.2, 0.25) is 5.91 Å². The highest BCUT2D eigenvalue weighted by Gasteiger charge is 2.42. The predicted octanol–water partition coefficient (Wildman–Crippen LogP) is 1.97. The van der Waals surface area contributed by atoms with E-state index >= 15 is 0 Å². The van der Waals surface area contributed by atoms with E-state index in [4.69, 9.17) is 17.0 Å². The Morgan fingerprint density at radius 1 is 1.19 bits per heavy atom. The third-order valence-corrected chi connectivity index (χ3v) is 5.00. The van der Waals surface area contributed by atoms with Crippen molar-refractivity contribution in [3.05, 3.63) is 54.4 Å². The van der Waals surface area contributed by atoms with Gasteiger partial charge in [-0.25, -0.2) is 5.01 Å². The van der Waals surface area contributed by atoms with E-state index in [1.54, 1.807) is 36.4 Å². The highest BCUT2D eigenvalue weighted by atomic mass is 32.1. The summed E-state index contributed by atoms with van der Waals surface area (Å²) in [5.74, 6) is -0.596. The Morgan fingerprint density at radius 3 is 2.58 bits per heavy atom. The Bertz CT molecular complexity index is 967. The highest BCUT2D eigenvalue weighted by Crippen LogP contribution is 2.20. The average molecular weight is 442 g/mol. The molecule has 0 bridgehead atoms. The molecule has 9 nitrogen and oxygen atoms in total. The highest BCUT2D eigenvalue weighted by molar-refractivity contribution is 7.80. The van der Waals surface area contributed by atoms with Gasteiger partial charge in [-0.3, -0.25) is 29.7 Å². The summed E-state index contributed by atoms with van der Waals surface area (Å²) in [6.45, 7) is 2.63. The summed E-state index contributed by atoms with van der Waals surface area (Å²) in [6.07, 6.45) is 2.19. The van der Waals surface area contributed by atoms with E-state index in [0.29, 0.717) is 18.0 Å². The Kier molecular flexibility index (Phi) is 7.14. The average Bonchev–Trinajstić information content (AvgIpc) is 2.97. The molecule has 2 N–H and O–H groups in total. The molecule has 1 fully saturated rings. The van der Waals surface area contributed by atoms with E-state index in [0.717, 1.165) is 6.42 Å². The summed E-state index contributed by atoms with van der Waals surface area (Å²) in [7, 11) is 1.50. The quantitative estimate of drug-likeness (QED) is 0.604. The molecular weight excluding hydrogens is 418 g/mol. The van der Waals surface area contributed by atoms with Crippen molar-refractivity contribution in [2.24, 2.45) is 0 Å². The number of amides is 3. The zero-order valence-corrected chi connectivity index (χ0v) is 18.0. The molecule has 1 aromatic carbocycles. The van der Waals surface area contributed by atoms with Gasteiger partial charge < -0.3 is 10.1 Å². The second-order valence-electron chi connectivity index (χ2n) is 6.85. The Hall–Kier alpha value is -3.53. The van der Waals surface area contributed by atoms with E-state index in [9.17, 15) is 14.4 Å². The molecule has 1 aliphatic rings. The minimum absolute atomic E-state index is 0.101. The van der Waals surface area contributed by atoms with Gasteiger partial charge in [0.25, 0.3) is 11.8 Å². The first kappa shape index (κ1) is 22.2. The molecule has 162 valence electrons. The molecule has 1 saturated heterocycles. The van der Waals surface area contributed by atoms with Crippen LogP contribution in [0.15, 0.2) is 48.7 Å². The van der Waals surface area contributed by atoms with Gasteiger partial charge in [0.05, 0.1) is 13.0 Å². The van der Waals surface area contributed by atoms with Crippen molar-refractivity contribution >= 4 is 40.7 Å². The number of hydrogen-bond donors (Lipinski definition) is 2. The first-order valence-corrected chi connectivity index (χ1v) is 10.2. The summed E-state index contributed by atoms with van der Waals surface area (Å²) in [4.78, 5) is 42.9. The van der Waals surface area contributed by atoms with Crippen LogP contribution in [0.3, 0.4) is 0 Å². The molecule has 1 unspecified atom stereocenters. The Balaban J connectivity index is 1.65. The summed E-state index contributed by atoms with van der Waals surface area (Å²) in [5.41, 5.74) is 3.32. The number of anilines is 1. The zero-order chi connectivity index (χ0) is 22.4. The number of pyridine rings is 1. The molecule has 3 rings (SSSR count). The number of rotatable bonds is 8. The monoisotopic (exact) mass is 441 g/mol. The Morgan fingerprint density at radius 2 is 1.94 bits per heavy atom. The van der Waals surface area contributed by atoms with Crippen LogP contribution in [-0.4, -0.2) is 57.4 Å². The third kappa shape index (κ3) is 5.34. The smallest absolute Gasteiger partial charge is 0.288 e. The van der Waals surface area contributed by atoms with Crippen LogP contribution in [0.1, 0.15) is 30.3 Å². The largest absolute Gasteiger partial charge is 0.494 e. The van der Waals surface area contributed by atoms with Crippen LogP contribution in [0.25, 0.3) is 0 Å². The fourth-order valence-electron chi connectivity index (χ4n) is 2.93. The molecule has 0 radical (unpaired) electrons. The minimum atomic E-state index is -0.961. The van der Waals surface area contributed by atoms with Crippen LogP contribution in [0, 0.1) is 0 Å². The number of aromatic nitrogens is 1. The van der Waals surface area contributed by atoms with Crippen molar-refractivity contribution in [2.75, 3.05) is 19.0 Å². The third-order valence-electron chi connectivity index (χ3n) is 4.53. The number of benzene rings is 1. The number of hydrazine groups is 1. The summed E-state index contributed by atoms with van der Waals surface area (Å²) < 4.78 is 5.52. The van der Waals surface area contributed by atoms with Crippen LogP contribution >= 0.6 is 12.2 Å². The lowest BCUT2D eigenvalue weighted by Crippen LogP contribution is -2.49. The predicted molar refractivity (Wildman–Crippen MR) is 118 cm³/mol. The molecule has 0 saturated carbocycles. The van der Waals surface area contributed by atoms with E-state index < -0.39 is 17.9 Å². The van der Waals surface area contributed by atoms with Crippen LogP contribution in [0.4, 0.5) is 5.69 Å². The molecule has 10 heteroatoms. The molecule has 3 amide bonds. The van der Waals surface area contributed by atoms with E-state index in [-0.39, 0.29) is 23.1 Å². The van der Waals surface area contributed by atoms with E-state index in [1.807, 2.05) is 6.92 Å². The maximum atomic E-state index is 12.6. The van der Waals surface area contributed by atoms with Crippen molar-refractivity contribution in [3.63, 3.8) is 0 Å². The van der Waals surface area contributed by atoms with Gasteiger partial charge in [-0.1, -0.05) is 13.0 Å². The first-order valence-electron chi connectivity index (χ1n) is 9.76. The summed E-state index contributed by atoms with van der Waals surface area (Å²) >= 11 is 5.27. The van der Waals surface area contributed by atoms with Gasteiger partial charge in [0.15, 0.2) is 5.11 Å². The number of carbonyl (C=O) groups excluding carboxylic acids is 3. The topological polar surface area (TPSA) is 104 Å². The number of nitrogens with one attached hydrogen (secondary N) is 2. The minimum Gasteiger partial charge on any atom is -0.494 e. The number of ether oxygens (including phenoxy) is 1. The molecule has 2 heterocycles. The molecule has 1 aliphatic heterocycles. The molecule has 1 aromatic heterocycles. The normalized spacial score (nSPS) is 15.7. The zero-order valence-electron chi connectivity index (χ0n) is 17.2. The lowest BCUT2D eigenvalue weighted by molar-refractivity contribution is -0.130. The number of thiocarbonyl (C=S) groups is 1. The standard InChI is InChI=1S/C21H23N5O4S/c1-3-12-30-15-9-7-14(8-10-15)23-18(27)13-17-20(29)25(2)21(31)26(17)24-19(28)16-6-4-5-11-22-16/h4-11,17H,3,12-13H2,1-2H3,(H,23,27)(H,24,28). The van der Waals surface area contributed by atoms with E-state index in [2.05, 4.69) is 15.7 Å². The molecule has 31 heavy (non-hydrogen) atoms. The van der Waals surface area contributed by atoms with Crippen molar-refractivity contribution < 1.29 is 19.1 Å². The maximum Gasteiger partial charge on any atom is 0.288 e. The molecule has 2 aromatic rings. The van der Waals surface area contributed by atoms with Crippen molar-refractivity contribution in [1.82, 2.24) is 20.3 Å². The van der Waals surface area contributed by atoms with Gasteiger partial charge in [0, 0.05) is 18.9 Å². The molecular formula is C21H23N5O4S. The van der Waals surface area contributed by atoms with Gasteiger partial charge in [-0.05, 0) is 55.0 Å². The van der Waals surface area contributed by atoms with Gasteiger partial charge in [0.1, 0.15) is 17.5 Å². The van der Waals surface area contributed by atoms with Crippen LogP contribution in [-0.2, 0) is 9.59 Å². The lowest BCUT2D eigenvalue weighted by atomic mass is 10.2. The number of nitrogens with zero attached hydrogens (tertiary/aromatic N) is 3. The summed E-state index contributed by atoms with van der Waals surface area (Å²) in [5, 5.41) is 4.08. The van der Waals surface area contributed by atoms with Crippen LogP contribution < -0.4 is 15.5 Å². The Labute approximate surface area is 185 Å². The fraction of sp³-hybridized carbons (Fsp3) is 0.286. The maximum absolute atomic E-state index is 12.6. The van der Waals surface area contributed by atoms with Gasteiger partial charge >= 0.3 is 0 Å². The van der Waals surface area contributed by atoms with Crippen LogP contribution in [0.2, 0.25) is 0 Å². The van der Waals surface area contributed by atoms with Crippen molar-refractivity contribution in [2.45, 2.75) is 25.8 Å². The summed E-state index contributed by atoms with van der Waals surface area (Å²) in [6, 6.07) is 10.9. The second kappa shape index (κ2) is 9.98. The van der Waals surface area contributed by atoms with Crippen molar-refractivity contribution in [3.8, 4) is 5.75 Å². The lowest BCUT2D eigenvalue weighted by Gasteiger charge is -2.23. The van der Waals surface area contributed by atoms with Gasteiger partial charge in [-0.2, -0.15) is 0 Å². The van der Waals surface area contributed by atoms with Crippen molar-refractivity contribution in [1.29, 1.82) is 0 Å². The van der Waals surface area contributed by atoms with Gasteiger partial charge in [-0.15, -0.1) is 0 Å². The first-order chi connectivity index (χ1) is 14.9. The fourth-order valence-corrected chi connectivity index (χ4v) is 3.20. The SMILES string of the molecule is CCCOc1ccc(NC(=O)CC2C(=O)N(C)C(=S)N2NC(=O)c2ccccn2)cc1. The second-order valence-corrected chi connectivity index (χ2v) is 7.21. The van der Waals surface area contributed by atoms with E-state index in [1.165, 1.54) is 29.2 Å². The number of carbonyl (C=O) groups is 3.